The van der Waals surface area contributed by atoms with E-state index in [-0.39, 0.29) is 18.1 Å². The van der Waals surface area contributed by atoms with Crippen LogP contribution in [-0.4, -0.2) is 37.3 Å². The molecule has 1 heterocycles. The summed E-state index contributed by atoms with van der Waals surface area (Å²) in [6.07, 6.45) is -4.54. The molecular weight excluding hydrogens is 284 g/mol. The zero-order valence-electron chi connectivity index (χ0n) is 9.97. The molecule has 0 unspecified atom stereocenters. The summed E-state index contributed by atoms with van der Waals surface area (Å²) in [4.78, 5) is 1.23. The molecule has 2 rings (SSSR count). The molecule has 1 aromatic rings. The predicted molar refractivity (Wildman–Crippen MR) is 64.6 cm³/mol. The zero-order valence-corrected chi connectivity index (χ0v) is 10.7. The Labute approximate surface area is 113 Å². The number of halogens is 5. The predicted octanol–water partition coefficient (Wildman–Crippen LogP) is 2.99. The van der Waals surface area contributed by atoms with Crippen LogP contribution in [0.15, 0.2) is 18.2 Å². The Kier molecular flexibility index (Phi) is 4.32. The second kappa shape index (κ2) is 5.64. The standard InChI is InChI=1S/C12H13ClF4N2/c13-8-1-2-10(14)9(7-8)11(12(15,16)17)19-5-3-18-4-6-19/h1-2,7,11,18H,3-6H2/t11-/m0/s1. The van der Waals surface area contributed by atoms with Gasteiger partial charge in [-0.1, -0.05) is 11.6 Å². The second-order valence-corrected chi connectivity index (χ2v) is 4.83. The van der Waals surface area contributed by atoms with Gasteiger partial charge in [-0.05, 0) is 18.2 Å². The molecule has 1 aliphatic rings. The zero-order chi connectivity index (χ0) is 14.0. The van der Waals surface area contributed by atoms with Crippen molar-refractivity contribution in [2.45, 2.75) is 12.2 Å². The molecule has 1 aliphatic heterocycles. The number of alkyl halides is 3. The molecule has 0 amide bonds. The first-order valence-electron chi connectivity index (χ1n) is 5.86. The van der Waals surface area contributed by atoms with Gasteiger partial charge in [0.1, 0.15) is 11.9 Å². The van der Waals surface area contributed by atoms with Gasteiger partial charge in [-0.3, -0.25) is 4.90 Å². The van der Waals surface area contributed by atoms with E-state index in [1.165, 1.54) is 11.0 Å². The molecule has 0 aliphatic carbocycles. The highest BCUT2D eigenvalue weighted by molar-refractivity contribution is 6.30. The van der Waals surface area contributed by atoms with E-state index in [1.54, 1.807) is 0 Å². The smallest absolute Gasteiger partial charge is 0.314 e. The lowest BCUT2D eigenvalue weighted by atomic mass is 10.0. The molecule has 1 aromatic carbocycles. The summed E-state index contributed by atoms with van der Waals surface area (Å²) >= 11 is 5.69. The van der Waals surface area contributed by atoms with Crippen LogP contribution in [-0.2, 0) is 0 Å². The van der Waals surface area contributed by atoms with E-state index >= 15 is 0 Å². The number of rotatable bonds is 2. The molecule has 1 N–H and O–H groups in total. The fourth-order valence-corrected chi connectivity index (χ4v) is 2.43. The van der Waals surface area contributed by atoms with E-state index in [0.717, 1.165) is 12.1 Å². The van der Waals surface area contributed by atoms with Crippen molar-refractivity contribution < 1.29 is 17.6 Å². The molecule has 0 radical (unpaired) electrons. The Hall–Kier alpha value is -0.850. The molecule has 0 spiro atoms. The first kappa shape index (κ1) is 14.6. The van der Waals surface area contributed by atoms with Crippen molar-refractivity contribution in [3.63, 3.8) is 0 Å². The number of hydrogen-bond donors (Lipinski definition) is 1. The molecule has 1 saturated heterocycles. The molecule has 0 saturated carbocycles. The van der Waals surface area contributed by atoms with E-state index in [9.17, 15) is 17.6 Å². The molecule has 1 fully saturated rings. The summed E-state index contributed by atoms with van der Waals surface area (Å²) in [5.74, 6) is -0.884. The van der Waals surface area contributed by atoms with Crippen LogP contribution < -0.4 is 5.32 Å². The van der Waals surface area contributed by atoms with Crippen molar-refractivity contribution in [3.8, 4) is 0 Å². The second-order valence-electron chi connectivity index (χ2n) is 4.40. The third-order valence-corrected chi connectivity index (χ3v) is 3.31. The first-order valence-corrected chi connectivity index (χ1v) is 6.24. The summed E-state index contributed by atoms with van der Waals surface area (Å²) in [7, 11) is 0. The lowest BCUT2D eigenvalue weighted by Crippen LogP contribution is -2.49. The van der Waals surface area contributed by atoms with Crippen LogP contribution in [0.25, 0.3) is 0 Å². The van der Waals surface area contributed by atoms with Crippen molar-refractivity contribution in [1.29, 1.82) is 0 Å². The summed E-state index contributed by atoms with van der Waals surface area (Å²) in [6, 6.07) is 1.31. The van der Waals surface area contributed by atoms with Crippen LogP contribution in [0.3, 0.4) is 0 Å². The summed E-state index contributed by atoms with van der Waals surface area (Å²) in [6.45, 7) is 1.34. The molecule has 19 heavy (non-hydrogen) atoms. The maximum absolute atomic E-state index is 13.7. The minimum atomic E-state index is -4.54. The normalized spacial score (nSPS) is 19.4. The molecule has 0 aromatic heterocycles. The average molecular weight is 297 g/mol. The SMILES string of the molecule is Fc1ccc(Cl)cc1[C@H](N1CCNCC1)C(F)(F)F. The van der Waals surface area contributed by atoms with Gasteiger partial charge in [-0.15, -0.1) is 0 Å². The number of hydrogen-bond acceptors (Lipinski definition) is 2. The monoisotopic (exact) mass is 296 g/mol. The van der Waals surface area contributed by atoms with E-state index < -0.39 is 23.6 Å². The first-order chi connectivity index (χ1) is 8.89. The van der Waals surface area contributed by atoms with Gasteiger partial charge in [0.15, 0.2) is 0 Å². The summed E-state index contributed by atoms with van der Waals surface area (Å²) in [5.41, 5.74) is -0.415. The van der Waals surface area contributed by atoms with Gasteiger partial charge in [0.2, 0.25) is 0 Å². The van der Waals surface area contributed by atoms with Crippen LogP contribution in [0.5, 0.6) is 0 Å². The van der Waals surface area contributed by atoms with Gasteiger partial charge >= 0.3 is 6.18 Å². The number of benzene rings is 1. The maximum Gasteiger partial charge on any atom is 0.408 e. The highest BCUT2D eigenvalue weighted by Gasteiger charge is 2.46. The summed E-state index contributed by atoms with van der Waals surface area (Å²) < 4.78 is 53.4. The number of nitrogens with one attached hydrogen (secondary N) is 1. The fraction of sp³-hybridized carbons (Fsp3) is 0.500. The lowest BCUT2D eigenvalue weighted by molar-refractivity contribution is -0.188. The number of nitrogens with zero attached hydrogens (tertiary/aromatic N) is 1. The van der Waals surface area contributed by atoms with Crippen LogP contribution in [0.2, 0.25) is 5.02 Å². The van der Waals surface area contributed by atoms with Crippen LogP contribution in [0.1, 0.15) is 11.6 Å². The van der Waals surface area contributed by atoms with Crippen molar-refractivity contribution in [2.75, 3.05) is 26.2 Å². The van der Waals surface area contributed by atoms with E-state index in [2.05, 4.69) is 5.32 Å². The molecule has 7 heteroatoms. The molecule has 106 valence electrons. The van der Waals surface area contributed by atoms with Gasteiger partial charge in [-0.25, -0.2) is 4.39 Å². The van der Waals surface area contributed by atoms with Gasteiger partial charge in [0.05, 0.1) is 0 Å². The summed E-state index contributed by atoms with van der Waals surface area (Å²) in [5, 5.41) is 3.07. The van der Waals surface area contributed by atoms with Crippen molar-refractivity contribution in [2.24, 2.45) is 0 Å². The minimum Gasteiger partial charge on any atom is -0.314 e. The van der Waals surface area contributed by atoms with Gasteiger partial charge in [0, 0.05) is 36.8 Å². The molecule has 0 bridgehead atoms. The van der Waals surface area contributed by atoms with Gasteiger partial charge < -0.3 is 5.32 Å². The van der Waals surface area contributed by atoms with Crippen molar-refractivity contribution >= 4 is 11.6 Å². The Morgan fingerprint density at radius 3 is 2.42 bits per heavy atom. The van der Waals surface area contributed by atoms with Crippen LogP contribution in [0, 0.1) is 5.82 Å². The third-order valence-electron chi connectivity index (χ3n) is 3.08. The van der Waals surface area contributed by atoms with E-state index in [4.69, 9.17) is 11.6 Å². The van der Waals surface area contributed by atoms with Crippen LogP contribution in [0.4, 0.5) is 17.6 Å². The number of piperazine rings is 1. The quantitative estimate of drug-likeness (QED) is 0.844. The Morgan fingerprint density at radius 1 is 1.21 bits per heavy atom. The molecule has 2 nitrogen and oxygen atoms in total. The Bertz CT molecular complexity index is 444. The van der Waals surface area contributed by atoms with Crippen molar-refractivity contribution in [1.82, 2.24) is 10.2 Å². The van der Waals surface area contributed by atoms with E-state index in [1.807, 2.05) is 0 Å². The lowest BCUT2D eigenvalue weighted by Gasteiger charge is -2.36. The van der Waals surface area contributed by atoms with Gasteiger partial charge in [-0.2, -0.15) is 13.2 Å². The maximum atomic E-state index is 13.7. The van der Waals surface area contributed by atoms with Gasteiger partial charge in [0.25, 0.3) is 0 Å². The highest BCUT2D eigenvalue weighted by Crippen LogP contribution is 2.39. The molecular formula is C12H13ClF4N2. The largest absolute Gasteiger partial charge is 0.408 e. The fourth-order valence-electron chi connectivity index (χ4n) is 2.24. The van der Waals surface area contributed by atoms with Crippen LogP contribution >= 0.6 is 11.6 Å². The Balaban J connectivity index is 2.39. The Morgan fingerprint density at radius 2 is 1.84 bits per heavy atom. The van der Waals surface area contributed by atoms with Crippen molar-refractivity contribution in [3.05, 3.63) is 34.6 Å². The topological polar surface area (TPSA) is 15.3 Å². The highest BCUT2D eigenvalue weighted by atomic mass is 35.5. The third kappa shape index (κ3) is 3.38. The average Bonchev–Trinajstić information content (AvgIpc) is 2.33. The molecule has 1 atom stereocenters. The van der Waals surface area contributed by atoms with E-state index in [0.29, 0.717) is 13.1 Å². The minimum absolute atomic E-state index is 0.0979.